The van der Waals surface area contributed by atoms with E-state index >= 15 is 0 Å². The molecule has 2 amide bonds. The van der Waals surface area contributed by atoms with Crippen molar-refractivity contribution in [3.63, 3.8) is 0 Å². The van der Waals surface area contributed by atoms with Crippen LogP contribution in [0.25, 0.3) is 0 Å². The highest BCUT2D eigenvalue weighted by Crippen LogP contribution is 2.15. The van der Waals surface area contributed by atoms with Crippen molar-refractivity contribution >= 4 is 24.0 Å². The summed E-state index contributed by atoms with van der Waals surface area (Å²) in [4.78, 5) is 31.5. The van der Waals surface area contributed by atoms with Crippen LogP contribution < -0.4 is 4.74 Å². The first-order chi connectivity index (χ1) is 12.1. The Balaban J connectivity index is 1.63. The first-order valence-corrected chi connectivity index (χ1v) is 8.41. The van der Waals surface area contributed by atoms with Gasteiger partial charge in [-0.1, -0.05) is 12.2 Å². The van der Waals surface area contributed by atoms with E-state index in [0.717, 1.165) is 0 Å². The van der Waals surface area contributed by atoms with Crippen LogP contribution in [0.5, 0.6) is 5.75 Å². The molecule has 1 saturated heterocycles. The summed E-state index contributed by atoms with van der Waals surface area (Å²) in [5.41, 5.74) is 1.11. The topological polar surface area (TPSA) is 65.6 Å². The molecule has 0 aliphatic carbocycles. The summed E-state index contributed by atoms with van der Waals surface area (Å²) < 4.78 is 5.54. The number of methoxy groups -OCH3 is 1. The van der Waals surface area contributed by atoms with E-state index in [-0.39, 0.29) is 11.8 Å². The summed E-state index contributed by atoms with van der Waals surface area (Å²) >= 11 is 5.17. The lowest BCUT2D eigenvalue weighted by atomic mass is 10.1. The minimum atomic E-state index is -0.0987. The summed E-state index contributed by atoms with van der Waals surface area (Å²) in [6, 6.07) is 10.5. The van der Waals surface area contributed by atoms with Crippen molar-refractivity contribution in [2.75, 3.05) is 33.3 Å². The van der Waals surface area contributed by atoms with Gasteiger partial charge in [-0.05, 0) is 36.4 Å². The van der Waals surface area contributed by atoms with E-state index in [1.54, 1.807) is 59.5 Å². The lowest BCUT2D eigenvalue weighted by Gasteiger charge is -2.34. The number of nitrogens with one attached hydrogen (secondary N) is 1. The SMILES string of the molecule is COc1ccc(C(=O)N2CCN(C(=O)c3ccc[nH]c3=S)CC2)cc1. The summed E-state index contributed by atoms with van der Waals surface area (Å²) in [5, 5.41) is 0. The van der Waals surface area contributed by atoms with Crippen molar-refractivity contribution in [3.05, 3.63) is 58.4 Å². The second kappa shape index (κ2) is 7.48. The number of hydrogen-bond donors (Lipinski definition) is 1. The number of ether oxygens (including phenoxy) is 1. The molecule has 3 rings (SSSR count). The second-order valence-electron chi connectivity index (χ2n) is 5.73. The Morgan fingerprint density at radius 2 is 1.60 bits per heavy atom. The fourth-order valence-electron chi connectivity index (χ4n) is 2.79. The van der Waals surface area contributed by atoms with Crippen LogP contribution in [0.15, 0.2) is 42.6 Å². The number of carbonyl (C=O) groups is 2. The van der Waals surface area contributed by atoms with Gasteiger partial charge in [-0.3, -0.25) is 9.59 Å². The molecule has 1 fully saturated rings. The molecular formula is C18H19N3O3S. The van der Waals surface area contributed by atoms with Gasteiger partial charge in [0.25, 0.3) is 11.8 Å². The van der Waals surface area contributed by atoms with Crippen molar-refractivity contribution in [2.45, 2.75) is 0 Å². The molecule has 0 spiro atoms. The van der Waals surface area contributed by atoms with Crippen LogP contribution >= 0.6 is 12.2 Å². The number of benzene rings is 1. The first kappa shape index (κ1) is 17.2. The molecular weight excluding hydrogens is 338 g/mol. The normalized spacial score (nSPS) is 14.3. The largest absolute Gasteiger partial charge is 0.497 e. The van der Waals surface area contributed by atoms with E-state index in [1.807, 2.05) is 0 Å². The van der Waals surface area contributed by atoms with E-state index in [0.29, 0.717) is 47.7 Å². The lowest BCUT2D eigenvalue weighted by molar-refractivity contribution is 0.0535. The molecule has 0 bridgehead atoms. The third-order valence-electron chi connectivity index (χ3n) is 4.24. The van der Waals surface area contributed by atoms with Gasteiger partial charge in [0, 0.05) is 37.9 Å². The van der Waals surface area contributed by atoms with Gasteiger partial charge in [-0.25, -0.2) is 0 Å². The van der Waals surface area contributed by atoms with Crippen LogP contribution in [-0.2, 0) is 0 Å². The highest BCUT2D eigenvalue weighted by atomic mass is 32.1. The number of piperazine rings is 1. The van der Waals surface area contributed by atoms with Crippen molar-refractivity contribution in [1.29, 1.82) is 0 Å². The van der Waals surface area contributed by atoms with Crippen LogP contribution in [0.4, 0.5) is 0 Å². The Hall–Kier alpha value is -2.67. The zero-order valence-corrected chi connectivity index (χ0v) is 14.7. The Morgan fingerprint density at radius 3 is 2.16 bits per heavy atom. The number of aromatic nitrogens is 1. The highest BCUT2D eigenvalue weighted by Gasteiger charge is 2.26. The molecule has 6 nitrogen and oxygen atoms in total. The lowest BCUT2D eigenvalue weighted by Crippen LogP contribution is -2.50. The van der Waals surface area contributed by atoms with Crippen LogP contribution in [0.2, 0.25) is 0 Å². The fraction of sp³-hybridized carbons (Fsp3) is 0.278. The standard InChI is InChI=1S/C18H19N3O3S/c1-24-14-6-4-13(5-7-14)17(22)20-9-11-21(12-10-20)18(23)15-3-2-8-19-16(15)25/h2-8H,9-12H2,1H3,(H,19,25). The average Bonchev–Trinajstić information content (AvgIpc) is 2.67. The molecule has 130 valence electrons. The van der Waals surface area contributed by atoms with E-state index in [2.05, 4.69) is 4.98 Å². The van der Waals surface area contributed by atoms with Gasteiger partial charge in [0.15, 0.2) is 0 Å². The van der Waals surface area contributed by atoms with Crippen LogP contribution in [0.3, 0.4) is 0 Å². The number of hydrogen-bond acceptors (Lipinski definition) is 4. The molecule has 7 heteroatoms. The Labute approximate surface area is 151 Å². The third-order valence-corrected chi connectivity index (χ3v) is 4.58. The van der Waals surface area contributed by atoms with E-state index in [4.69, 9.17) is 17.0 Å². The quantitative estimate of drug-likeness (QED) is 0.857. The summed E-state index contributed by atoms with van der Waals surface area (Å²) in [6.45, 7) is 1.98. The Bertz CT molecular complexity index is 824. The molecule has 0 radical (unpaired) electrons. The van der Waals surface area contributed by atoms with E-state index in [1.165, 1.54) is 0 Å². The summed E-state index contributed by atoms with van der Waals surface area (Å²) in [6.07, 6.45) is 1.70. The molecule has 25 heavy (non-hydrogen) atoms. The monoisotopic (exact) mass is 357 g/mol. The maximum atomic E-state index is 12.6. The highest BCUT2D eigenvalue weighted by molar-refractivity contribution is 7.71. The Kier molecular flexibility index (Phi) is 5.14. The van der Waals surface area contributed by atoms with Gasteiger partial charge in [0.05, 0.1) is 12.7 Å². The number of nitrogens with zero attached hydrogens (tertiary/aromatic N) is 2. The van der Waals surface area contributed by atoms with Crippen molar-refractivity contribution in [1.82, 2.24) is 14.8 Å². The Morgan fingerprint density at radius 1 is 1.00 bits per heavy atom. The minimum Gasteiger partial charge on any atom is -0.497 e. The number of aromatic amines is 1. The number of H-pyrrole nitrogens is 1. The molecule has 1 N–H and O–H groups in total. The van der Waals surface area contributed by atoms with Gasteiger partial charge in [0.2, 0.25) is 0 Å². The summed E-state index contributed by atoms with van der Waals surface area (Å²) in [7, 11) is 1.59. The maximum absolute atomic E-state index is 12.6. The van der Waals surface area contributed by atoms with Gasteiger partial charge >= 0.3 is 0 Å². The molecule has 1 aromatic carbocycles. The van der Waals surface area contributed by atoms with Gasteiger partial charge < -0.3 is 19.5 Å². The third kappa shape index (κ3) is 3.71. The average molecular weight is 357 g/mol. The number of pyridine rings is 1. The number of amides is 2. The number of carbonyl (C=O) groups excluding carboxylic acids is 2. The zero-order valence-electron chi connectivity index (χ0n) is 13.9. The van der Waals surface area contributed by atoms with Crippen molar-refractivity contribution in [2.24, 2.45) is 0 Å². The van der Waals surface area contributed by atoms with Crippen molar-refractivity contribution < 1.29 is 14.3 Å². The van der Waals surface area contributed by atoms with Crippen LogP contribution in [0, 0.1) is 4.64 Å². The molecule has 0 saturated carbocycles. The first-order valence-electron chi connectivity index (χ1n) is 8.00. The van der Waals surface area contributed by atoms with Crippen LogP contribution in [-0.4, -0.2) is 59.9 Å². The number of rotatable bonds is 3. The second-order valence-corrected chi connectivity index (χ2v) is 6.13. The summed E-state index contributed by atoms with van der Waals surface area (Å²) in [5.74, 6) is 0.580. The zero-order chi connectivity index (χ0) is 17.8. The van der Waals surface area contributed by atoms with Gasteiger partial charge in [-0.15, -0.1) is 0 Å². The predicted octanol–water partition coefficient (Wildman–Crippen LogP) is 2.35. The van der Waals surface area contributed by atoms with E-state index < -0.39 is 0 Å². The maximum Gasteiger partial charge on any atom is 0.256 e. The van der Waals surface area contributed by atoms with E-state index in [9.17, 15) is 9.59 Å². The van der Waals surface area contributed by atoms with Crippen molar-refractivity contribution in [3.8, 4) is 5.75 Å². The molecule has 2 aromatic rings. The van der Waals surface area contributed by atoms with Gasteiger partial charge in [-0.2, -0.15) is 0 Å². The predicted molar refractivity (Wildman–Crippen MR) is 96.4 cm³/mol. The van der Waals surface area contributed by atoms with Gasteiger partial charge in [0.1, 0.15) is 10.4 Å². The molecule has 0 atom stereocenters. The molecule has 1 aliphatic rings. The molecule has 0 unspecified atom stereocenters. The molecule has 1 aromatic heterocycles. The smallest absolute Gasteiger partial charge is 0.256 e. The minimum absolute atomic E-state index is 0.0354. The molecule has 2 heterocycles. The molecule has 1 aliphatic heterocycles. The van der Waals surface area contributed by atoms with Crippen LogP contribution in [0.1, 0.15) is 20.7 Å². The fourth-order valence-corrected chi connectivity index (χ4v) is 3.01.